The van der Waals surface area contributed by atoms with Gasteiger partial charge < -0.3 is 9.64 Å². The van der Waals surface area contributed by atoms with E-state index in [0.717, 1.165) is 12.8 Å². The molecule has 1 saturated carbocycles. The number of carbonyl (C=O) groups excluding carboxylic acids is 1. The molecule has 1 aromatic carbocycles. The third kappa shape index (κ3) is 3.88. The first kappa shape index (κ1) is 18.4. The number of sulfonamides is 1. The minimum absolute atomic E-state index is 0.144. The Balaban J connectivity index is 1.79. The number of rotatable bonds is 7. The van der Waals surface area contributed by atoms with Gasteiger partial charge in [-0.3, -0.25) is 4.79 Å². The van der Waals surface area contributed by atoms with Crippen molar-refractivity contribution in [1.29, 1.82) is 0 Å². The lowest BCUT2D eigenvalue weighted by Gasteiger charge is -2.30. The van der Waals surface area contributed by atoms with Crippen molar-refractivity contribution in [3.8, 4) is 0 Å². The Kier molecular flexibility index (Phi) is 4.92. The van der Waals surface area contributed by atoms with E-state index >= 15 is 0 Å². The van der Waals surface area contributed by atoms with Crippen LogP contribution in [0.15, 0.2) is 35.2 Å². The van der Waals surface area contributed by atoms with Crippen LogP contribution in [0.3, 0.4) is 0 Å². The third-order valence-corrected chi connectivity index (χ3v) is 6.94. The van der Waals surface area contributed by atoms with Gasteiger partial charge in [0.05, 0.1) is 10.4 Å². The van der Waals surface area contributed by atoms with Crippen molar-refractivity contribution < 1.29 is 17.9 Å². The van der Waals surface area contributed by atoms with Gasteiger partial charge in [0.15, 0.2) is 0 Å². The molecule has 1 unspecified atom stereocenters. The highest BCUT2D eigenvalue weighted by atomic mass is 32.2. The van der Waals surface area contributed by atoms with E-state index in [1.807, 2.05) is 11.8 Å². The van der Waals surface area contributed by atoms with Crippen LogP contribution in [0.4, 0.5) is 0 Å². The molecular weight excluding hydrogens is 340 g/mol. The molecule has 25 heavy (non-hydrogen) atoms. The van der Waals surface area contributed by atoms with E-state index in [4.69, 9.17) is 4.74 Å². The molecule has 2 aliphatic rings. The largest absolute Gasteiger partial charge is 0.385 e. The summed E-state index contributed by atoms with van der Waals surface area (Å²) >= 11 is 0. The van der Waals surface area contributed by atoms with Crippen LogP contribution < -0.4 is 4.72 Å². The van der Waals surface area contributed by atoms with Gasteiger partial charge in [-0.15, -0.1) is 0 Å². The van der Waals surface area contributed by atoms with E-state index in [9.17, 15) is 13.2 Å². The fraction of sp³-hybridized carbons (Fsp3) is 0.611. The van der Waals surface area contributed by atoms with E-state index in [1.54, 1.807) is 37.4 Å². The standard InChI is InChI=1S/C18H26N2O4S/c1-17(8-9-17)16(21)20-12-10-18(14-20,11-13-24-2)19-25(22,23)15-6-4-3-5-7-15/h3-7,19H,8-14H2,1-2H3. The average molecular weight is 366 g/mol. The highest BCUT2D eigenvalue weighted by molar-refractivity contribution is 7.89. The number of benzene rings is 1. The van der Waals surface area contributed by atoms with Crippen molar-refractivity contribution in [3.05, 3.63) is 30.3 Å². The molecule has 1 aliphatic carbocycles. The topological polar surface area (TPSA) is 75.7 Å². The van der Waals surface area contributed by atoms with Gasteiger partial charge in [0, 0.05) is 32.2 Å². The van der Waals surface area contributed by atoms with Gasteiger partial charge >= 0.3 is 0 Å². The van der Waals surface area contributed by atoms with Gasteiger partial charge in [-0.2, -0.15) is 0 Å². The van der Waals surface area contributed by atoms with Crippen LogP contribution in [0.5, 0.6) is 0 Å². The average Bonchev–Trinajstić information content (AvgIpc) is 3.22. The second-order valence-corrected chi connectivity index (χ2v) is 9.16. The Bertz CT molecular complexity index is 731. The van der Waals surface area contributed by atoms with Crippen molar-refractivity contribution >= 4 is 15.9 Å². The van der Waals surface area contributed by atoms with Crippen molar-refractivity contribution in [2.75, 3.05) is 26.8 Å². The summed E-state index contributed by atoms with van der Waals surface area (Å²) in [4.78, 5) is 14.7. The zero-order valence-corrected chi connectivity index (χ0v) is 15.6. The number of hydrogen-bond acceptors (Lipinski definition) is 4. The Hall–Kier alpha value is -1.44. The summed E-state index contributed by atoms with van der Waals surface area (Å²) in [7, 11) is -2.05. The number of nitrogens with zero attached hydrogens (tertiary/aromatic N) is 1. The summed E-state index contributed by atoms with van der Waals surface area (Å²) in [5.41, 5.74) is -0.915. The first-order chi connectivity index (χ1) is 11.8. The molecule has 0 radical (unpaired) electrons. The van der Waals surface area contributed by atoms with Crippen LogP contribution in [0.25, 0.3) is 0 Å². The minimum Gasteiger partial charge on any atom is -0.385 e. The SMILES string of the molecule is COCCC1(NS(=O)(=O)c2ccccc2)CCN(C(=O)C2(C)CC2)C1. The normalized spacial score (nSPS) is 25.1. The van der Waals surface area contributed by atoms with E-state index in [2.05, 4.69) is 4.72 Å². The predicted molar refractivity (Wildman–Crippen MR) is 94.5 cm³/mol. The molecule has 6 nitrogen and oxygen atoms in total. The van der Waals surface area contributed by atoms with Crippen LogP contribution in [-0.4, -0.2) is 51.6 Å². The highest BCUT2D eigenvalue weighted by Gasteiger charge is 2.51. The molecule has 1 aliphatic heterocycles. The Labute approximate surface area is 149 Å². The second-order valence-electron chi connectivity index (χ2n) is 7.48. The Morgan fingerprint density at radius 3 is 2.52 bits per heavy atom. The van der Waals surface area contributed by atoms with Crippen LogP contribution in [0.2, 0.25) is 0 Å². The molecule has 138 valence electrons. The number of ether oxygens (including phenoxy) is 1. The monoisotopic (exact) mass is 366 g/mol. The number of methoxy groups -OCH3 is 1. The molecule has 1 amide bonds. The molecule has 1 saturated heterocycles. The third-order valence-electron chi connectivity index (χ3n) is 5.35. The van der Waals surface area contributed by atoms with Crippen LogP contribution in [0, 0.1) is 5.41 Å². The lowest BCUT2D eigenvalue weighted by atomic mass is 9.96. The lowest BCUT2D eigenvalue weighted by molar-refractivity contribution is -0.135. The first-order valence-corrected chi connectivity index (χ1v) is 10.2. The molecule has 0 spiro atoms. The van der Waals surface area contributed by atoms with Crippen molar-refractivity contribution in [2.24, 2.45) is 5.41 Å². The van der Waals surface area contributed by atoms with E-state index in [0.29, 0.717) is 32.5 Å². The fourth-order valence-corrected chi connectivity index (χ4v) is 4.88. The van der Waals surface area contributed by atoms with E-state index < -0.39 is 15.6 Å². The Morgan fingerprint density at radius 1 is 1.24 bits per heavy atom. The summed E-state index contributed by atoms with van der Waals surface area (Å²) in [6.45, 7) is 3.40. The molecule has 1 heterocycles. The molecule has 0 aromatic heterocycles. The maximum Gasteiger partial charge on any atom is 0.241 e. The number of likely N-dealkylation sites (tertiary alicyclic amines) is 1. The van der Waals surface area contributed by atoms with Crippen molar-refractivity contribution in [1.82, 2.24) is 9.62 Å². The minimum atomic E-state index is -3.65. The van der Waals surface area contributed by atoms with Crippen LogP contribution >= 0.6 is 0 Å². The van der Waals surface area contributed by atoms with Gasteiger partial charge in [0.2, 0.25) is 15.9 Å². The fourth-order valence-electron chi connectivity index (χ4n) is 3.41. The van der Waals surface area contributed by atoms with Crippen LogP contribution in [-0.2, 0) is 19.6 Å². The zero-order chi connectivity index (χ0) is 18.1. The highest BCUT2D eigenvalue weighted by Crippen LogP contribution is 2.47. The second kappa shape index (κ2) is 6.70. The molecule has 1 atom stereocenters. The smallest absolute Gasteiger partial charge is 0.241 e. The Morgan fingerprint density at radius 2 is 1.92 bits per heavy atom. The number of nitrogens with one attached hydrogen (secondary N) is 1. The summed E-state index contributed by atoms with van der Waals surface area (Å²) in [6.07, 6.45) is 2.98. The van der Waals surface area contributed by atoms with Crippen molar-refractivity contribution in [3.63, 3.8) is 0 Å². The summed E-state index contributed by atoms with van der Waals surface area (Å²) in [5, 5.41) is 0. The van der Waals surface area contributed by atoms with Crippen molar-refractivity contribution in [2.45, 2.75) is 43.0 Å². The molecule has 3 rings (SSSR count). The first-order valence-electron chi connectivity index (χ1n) is 8.68. The lowest BCUT2D eigenvalue weighted by Crippen LogP contribution is -2.51. The van der Waals surface area contributed by atoms with Gasteiger partial charge in [-0.05, 0) is 37.8 Å². The quantitative estimate of drug-likeness (QED) is 0.798. The summed E-state index contributed by atoms with van der Waals surface area (Å²) in [5.74, 6) is 0.144. The summed E-state index contributed by atoms with van der Waals surface area (Å²) < 4.78 is 33.6. The molecule has 7 heteroatoms. The molecule has 1 aromatic rings. The number of carbonyl (C=O) groups is 1. The van der Waals surface area contributed by atoms with Gasteiger partial charge in [0.25, 0.3) is 0 Å². The summed E-state index contributed by atoms with van der Waals surface area (Å²) in [6, 6.07) is 8.35. The zero-order valence-electron chi connectivity index (χ0n) is 14.8. The predicted octanol–water partition coefficient (Wildman–Crippen LogP) is 1.77. The molecule has 0 bridgehead atoms. The maximum absolute atomic E-state index is 12.8. The van der Waals surface area contributed by atoms with Gasteiger partial charge in [-0.25, -0.2) is 13.1 Å². The number of hydrogen-bond donors (Lipinski definition) is 1. The van der Waals surface area contributed by atoms with E-state index in [-0.39, 0.29) is 16.2 Å². The molecule has 1 N–H and O–H groups in total. The molecular formula is C18H26N2O4S. The van der Waals surface area contributed by atoms with Crippen LogP contribution in [0.1, 0.15) is 32.6 Å². The van der Waals surface area contributed by atoms with Gasteiger partial charge in [-0.1, -0.05) is 25.1 Å². The number of amides is 1. The van der Waals surface area contributed by atoms with Gasteiger partial charge in [0.1, 0.15) is 0 Å². The molecule has 2 fully saturated rings. The van der Waals surface area contributed by atoms with E-state index in [1.165, 1.54) is 0 Å². The maximum atomic E-state index is 12.8.